The lowest BCUT2D eigenvalue weighted by atomic mass is 9.93. The highest BCUT2D eigenvalue weighted by Crippen LogP contribution is 2.35. The molecule has 6 rings (SSSR count). The van der Waals surface area contributed by atoms with Crippen LogP contribution in [0.4, 0.5) is 0 Å². The third-order valence-electron chi connectivity index (χ3n) is 14.1. The first-order valence-electron chi connectivity index (χ1n) is 31.7. The molecule has 2 aliphatic rings. The molecule has 0 fully saturated rings. The number of hydrogen-bond donors (Lipinski definition) is 2. The zero-order valence-corrected chi connectivity index (χ0v) is 52.8. The second-order valence-electron chi connectivity index (χ2n) is 21.4. The lowest BCUT2D eigenvalue weighted by molar-refractivity contribution is -0.148. The van der Waals surface area contributed by atoms with E-state index in [0.29, 0.717) is 13.2 Å². The van der Waals surface area contributed by atoms with Gasteiger partial charge in [0.05, 0.1) is 6.73 Å². The topological polar surface area (TPSA) is 90.3 Å². The molecule has 2 N–H and O–H groups in total. The number of fused-ring (bicyclic) bond motifs is 4. The Labute approximate surface area is 524 Å². The van der Waals surface area contributed by atoms with Crippen LogP contribution < -0.4 is 0 Å². The van der Waals surface area contributed by atoms with Crippen molar-refractivity contribution in [2.75, 3.05) is 40.6 Å². The predicted octanol–water partition coefficient (Wildman–Crippen LogP) is 20.2. The highest BCUT2D eigenvalue weighted by Gasteiger charge is 2.16. The maximum Gasteiger partial charge on any atom is 0.307 e. The van der Waals surface area contributed by atoms with Crippen LogP contribution in [0.5, 0.6) is 0 Å². The molecule has 0 saturated carbocycles. The van der Waals surface area contributed by atoms with Gasteiger partial charge in [-0.05, 0) is 172 Å². The summed E-state index contributed by atoms with van der Waals surface area (Å²) in [6, 6.07) is 34.1. The highest BCUT2D eigenvalue weighted by molar-refractivity contribution is 5.94. The van der Waals surface area contributed by atoms with Crippen LogP contribution in [0.15, 0.2) is 231 Å². The molecule has 460 valence electrons. The Morgan fingerprint density at radius 1 is 0.402 bits per heavy atom. The number of allylic oxidation sites excluding steroid dienone is 20. The molecule has 7 heteroatoms. The number of aliphatic carboxylic acids is 1. The Balaban J connectivity index is 0.000000309. The normalized spacial score (nSPS) is 13.0. The lowest BCUT2D eigenvalue weighted by Crippen LogP contribution is -2.24. The van der Waals surface area contributed by atoms with E-state index in [1.54, 1.807) is 0 Å². The number of carboxylic acid groups (broad SMARTS) is 1. The number of carbonyl (C=O) groups is 2. The van der Waals surface area contributed by atoms with Crippen molar-refractivity contribution < 1.29 is 24.5 Å². The zero-order valence-electron chi connectivity index (χ0n) is 52.8. The predicted molar refractivity (Wildman–Crippen MR) is 375 cm³/mol. The Morgan fingerprint density at radius 3 is 1.02 bits per heavy atom. The van der Waals surface area contributed by atoms with E-state index in [9.17, 15) is 9.59 Å². The van der Waals surface area contributed by atoms with Crippen molar-refractivity contribution in [3.05, 3.63) is 275 Å². The molecule has 4 aromatic carbocycles. The van der Waals surface area contributed by atoms with E-state index < -0.39 is 5.97 Å². The average molecular weight is 1170 g/mol. The van der Waals surface area contributed by atoms with Gasteiger partial charge in [-0.15, -0.1) is 0 Å². The number of aliphatic hydroxyl groups is 1. The van der Waals surface area contributed by atoms with Gasteiger partial charge in [0, 0.05) is 25.9 Å². The monoisotopic (exact) mass is 1170 g/mol. The summed E-state index contributed by atoms with van der Waals surface area (Å²) >= 11 is 0. The van der Waals surface area contributed by atoms with Gasteiger partial charge in [-0.3, -0.25) is 19.4 Å². The average Bonchev–Trinajstić information content (AvgIpc) is 2.60. The van der Waals surface area contributed by atoms with Gasteiger partial charge in [-0.1, -0.05) is 269 Å². The number of hydrogen-bond acceptors (Lipinski definition) is 6. The first-order chi connectivity index (χ1) is 42.7. The summed E-state index contributed by atoms with van der Waals surface area (Å²) in [6.45, 7) is 6.37. The van der Waals surface area contributed by atoms with Crippen molar-refractivity contribution in [1.29, 1.82) is 0 Å². The minimum Gasteiger partial charge on any atom is -0.481 e. The molecule has 4 aromatic rings. The molecule has 0 heterocycles. The van der Waals surface area contributed by atoms with E-state index in [4.69, 9.17) is 14.9 Å². The first-order valence-corrected chi connectivity index (χ1v) is 31.7. The third-order valence-corrected chi connectivity index (χ3v) is 14.1. The minimum absolute atomic E-state index is 0.0951. The maximum atomic E-state index is 12.2. The van der Waals surface area contributed by atoms with Crippen molar-refractivity contribution in [3.63, 3.8) is 0 Å². The minimum atomic E-state index is -0.715. The fourth-order valence-corrected chi connectivity index (χ4v) is 9.36. The van der Waals surface area contributed by atoms with Gasteiger partial charge in [-0.2, -0.15) is 0 Å². The summed E-state index contributed by atoms with van der Waals surface area (Å²) in [5, 5.41) is 17.6. The standard InChI is InChI=1S/C40H49NO2.C20H21NO.C20H30O2/c1-3-4-5-6-7-8-9-10-11-12-13-14-15-16-17-18-19-30-40(42)43-34-41(2)33-24-29-39-37-27-22-20-25-35(37)31-32-36-26-21-23-28-38(36)39;1-21(15-22)14-6-11-20-18-9-4-2-7-16(18)12-13-17-8-3-5-10-19(17)20;1-2-3-4-5-6-7-8-9-10-11-12-13-14-15-16-17-18-19-20(21)22/h4-5,7-8,10-11,13-14,16-17,20-23,25-29,31-32H,3,6,9,12,15,18-19,24,30,33-34H2,1-2H3;2-5,7-13,22H,6,14-15H2,1H3;3-4,6-7,9-10,12-13,15-16H,2,5,8,11,14,17-19H2,1H3,(H,21,22)/b5-4-,8-7-,11-10-,14-13-,17-16-;;4-3-,7-6-,10-9-,13-12-,16-15-. The Hall–Kier alpha value is -7.94. The molecule has 0 aromatic heterocycles. The molecule has 7 nitrogen and oxygen atoms in total. The summed E-state index contributed by atoms with van der Waals surface area (Å²) in [5.74, 6) is -0.845. The van der Waals surface area contributed by atoms with Crippen LogP contribution in [-0.4, -0.2) is 72.6 Å². The van der Waals surface area contributed by atoms with Crippen LogP contribution in [0.1, 0.15) is 174 Å². The molecule has 87 heavy (non-hydrogen) atoms. The van der Waals surface area contributed by atoms with Crippen LogP contribution in [0.25, 0.3) is 35.5 Å². The van der Waals surface area contributed by atoms with Gasteiger partial charge < -0.3 is 14.9 Å². The molecule has 0 radical (unpaired) electrons. The molecular weight excluding hydrogens is 1070 g/mol. The molecule has 0 amide bonds. The van der Waals surface area contributed by atoms with Crippen LogP contribution in [0.2, 0.25) is 0 Å². The molecule has 0 saturated heterocycles. The molecule has 0 aliphatic heterocycles. The number of carboxylic acids is 1. The summed E-state index contributed by atoms with van der Waals surface area (Å²) in [7, 11) is 3.92. The van der Waals surface area contributed by atoms with E-state index in [1.165, 1.54) is 55.7 Å². The summed E-state index contributed by atoms with van der Waals surface area (Å²) in [6.07, 6.45) is 72.7. The number of benzene rings is 4. The first kappa shape index (κ1) is 71.5. The van der Waals surface area contributed by atoms with E-state index >= 15 is 0 Å². The van der Waals surface area contributed by atoms with Gasteiger partial charge >= 0.3 is 11.9 Å². The summed E-state index contributed by atoms with van der Waals surface area (Å²) < 4.78 is 5.52. The largest absolute Gasteiger partial charge is 0.481 e. The SMILES string of the molecule is CC/C=C\C/C=C\C/C=C\C/C=C\C/C=C\CCCC(=O)O.CC/C=C\C/C=C\C/C=C\C/C=C\C/C=C\CCCC(=O)OCN(C)CCC=C1c2ccccc2C=Cc2ccccc21.CN(CO)CCC=C1c2ccccc2C=Cc2ccccc21. The van der Waals surface area contributed by atoms with Crippen molar-refractivity contribution in [1.82, 2.24) is 9.80 Å². The van der Waals surface area contributed by atoms with Crippen LogP contribution in [0.3, 0.4) is 0 Å². The molecule has 0 spiro atoms. The number of aliphatic hydroxyl groups excluding tert-OH is 1. The van der Waals surface area contributed by atoms with Crippen LogP contribution >= 0.6 is 0 Å². The number of ether oxygens (including phenoxy) is 1. The second kappa shape index (κ2) is 47.2. The Morgan fingerprint density at radius 2 is 0.701 bits per heavy atom. The maximum absolute atomic E-state index is 12.2. The van der Waals surface area contributed by atoms with Crippen molar-refractivity contribution in [2.45, 2.75) is 129 Å². The fourth-order valence-electron chi connectivity index (χ4n) is 9.36. The number of carbonyl (C=O) groups excluding carboxylic acids is 1. The van der Waals surface area contributed by atoms with Gasteiger partial charge in [0.15, 0.2) is 0 Å². The fraction of sp³-hybridized carbons (Fsp3) is 0.325. The summed E-state index contributed by atoms with van der Waals surface area (Å²) in [5.41, 5.74) is 12.6. The number of rotatable bonds is 35. The molecule has 2 aliphatic carbocycles. The third kappa shape index (κ3) is 31.9. The second-order valence-corrected chi connectivity index (χ2v) is 21.4. The van der Waals surface area contributed by atoms with Gasteiger partial charge in [0.1, 0.15) is 6.73 Å². The van der Waals surface area contributed by atoms with Gasteiger partial charge in [-0.25, -0.2) is 0 Å². The van der Waals surface area contributed by atoms with E-state index in [-0.39, 0.29) is 19.1 Å². The smallest absolute Gasteiger partial charge is 0.307 e. The lowest BCUT2D eigenvalue weighted by Gasteiger charge is -2.17. The molecule has 0 atom stereocenters. The Kier molecular flexibility index (Phi) is 38.8. The van der Waals surface area contributed by atoms with Crippen molar-refractivity contribution in [2.24, 2.45) is 0 Å². The van der Waals surface area contributed by atoms with E-state index in [1.807, 2.05) is 19.0 Å². The number of unbranched alkanes of at least 4 members (excludes halogenated alkanes) is 2. The Bertz CT molecular complexity index is 2940. The van der Waals surface area contributed by atoms with E-state index in [2.05, 4.69) is 274 Å². The molecule has 0 bridgehead atoms. The van der Waals surface area contributed by atoms with Crippen molar-refractivity contribution >= 4 is 47.4 Å². The quantitative estimate of drug-likeness (QED) is 0.0177. The van der Waals surface area contributed by atoms with Crippen LogP contribution in [0, 0.1) is 0 Å². The van der Waals surface area contributed by atoms with E-state index in [0.717, 1.165) is 116 Å². The highest BCUT2D eigenvalue weighted by atomic mass is 16.5. The zero-order chi connectivity index (χ0) is 62.0. The molecular formula is C80H100N2O5. The molecule has 0 unspecified atom stereocenters. The van der Waals surface area contributed by atoms with Gasteiger partial charge in [0.2, 0.25) is 0 Å². The van der Waals surface area contributed by atoms with Gasteiger partial charge in [0.25, 0.3) is 0 Å². The van der Waals surface area contributed by atoms with Crippen LogP contribution in [-0.2, 0) is 14.3 Å². The number of nitrogens with zero attached hydrogens (tertiary/aromatic N) is 2. The summed E-state index contributed by atoms with van der Waals surface area (Å²) in [4.78, 5) is 26.5. The van der Waals surface area contributed by atoms with Crippen molar-refractivity contribution in [3.8, 4) is 0 Å². The number of esters is 1.